The average molecular weight is 338 g/mol. The minimum absolute atomic E-state index is 0.0374. The molecule has 3 rings (SSSR count). The molecule has 0 unspecified atom stereocenters. The lowest BCUT2D eigenvalue weighted by atomic mass is 9.48. The van der Waals surface area contributed by atoms with Crippen molar-refractivity contribution in [2.45, 2.75) is 65.6 Å². The Kier molecular flexibility index (Phi) is 4.56. The summed E-state index contributed by atoms with van der Waals surface area (Å²) in [6.07, 6.45) is 4.44. The molecule has 1 aliphatic heterocycles. The number of methoxy groups -OCH3 is 2. The molecule has 0 aromatic carbocycles. The number of esters is 1. The van der Waals surface area contributed by atoms with Crippen LogP contribution in [0.25, 0.3) is 0 Å². The van der Waals surface area contributed by atoms with Gasteiger partial charge in [0.2, 0.25) is 0 Å². The number of allylic oxidation sites excluding steroid dienone is 1. The minimum atomic E-state index is -0.313. The third kappa shape index (κ3) is 2.52. The van der Waals surface area contributed by atoms with Crippen LogP contribution in [0.3, 0.4) is 0 Å². The molecule has 0 aromatic heterocycles. The standard InChI is InChI=1S/C19H30O5/c1-11(20)23-14-9-10-19(4)13(18(14,2)3)8-7-12-15(19)17(22-6)24-16(12)21-5/h7,13-17H,8-10H2,1-6H3/t13-,14-,15+,16+,17+,19-/m0/s1. The first kappa shape index (κ1) is 17.9. The van der Waals surface area contributed by atoms with Crippen molar-refractivity contribution in [2.24, 2.45) is 22.7 Å². The minimum Gasteiger partial charge on any atom is -0.462 e. The van der Waals surface area contributed by atoms with Crippen molar-refractivity contribution in [3.63, 3.8) is 0 Å². The number of hydrogen-bond acceptors (Lipinski definition) is 5. The highest BCUT2D eigenvalue weighted by molar-refractivity contribution is 5.66. The molecule has 5 nitrogen and oxygen atoms in total. The highest BCUT2D eigenvalue weighted by atomic mass is 16.8. The maximum Gasteiger partial charge on any atom is 0.302 e. The van der Waals surface area contributed by atoms with Crippen LogP contribution in [-0.2, 0) is 23.7 Å². The highest BCUT2D eigenvalue weighted by Gasteiger charge is 2.61. The Balaban J connectivity index is 1.97. The van der Waals surface area contributed by atoms with Crippen LogP contribution in [0, 0.1) is 22.7 Å². The Morgan fingerprint density at radius 1 is 1.25 bits per heavy atom. The van der Waals surface area contributed by atoms with E-state index in [-0.39, 0.29) is 41.4 Å². The Morgan fingerprint density at radius 2 is 1.96 bits per heavy atom. The molecule has 1 saturated heterocycles. The van der Waals surface area contributed by atoms with E-state index in [0.717, 1.165) is 19.3 Å². The second-order valence-electron chi connectivity index (χ2n) is 8.24. The second-order valence-corrected chi connectivity index (χ2v) is 8.24. The van der Waals surface area contributed by atoms with E-state index in [0.29, 0.717) is 5.92 Å². The molecule has 3 aliphatic rings. The van der Waals surface area contributed by atoms with Gasteiger partial charge in [0.15, 0.2) is 12.6 Å². The number of ether oxygens (including phenoxy) is 4. The third-order valence-electron chi connectivity index (χ3n) is 6.68. The zero-order chi connectivity index (χ0) is 17.7. The molecule has 0 spiro atoms. The quantitative estimate of drug-likeness (QED) is 0.584. The SMILES string of the molecule is CO[C@@H]1O[C@@H](OC)[C@H]2C1=CC[C@H]1C(C)(C)[C@@H](OC(C)=O)CC[C@]21C. The number of rotatable bonds is 3. The molecular weight excluding hydrogens is 308 g/mol. The Hall–Kier alpha value is -0.910. The lowest BCUT2D eigenvalue weighted by Gasteiger charge is -2.58. The van der Waals surface area contributed by atoms with Gasteiger partial charge in [-0.2, -0.15) is 0 Å². The summed E-state index contributed by atoms with van der Waals surface area (Å²) >= 11 is 0. The van der Waals surface area contributed by atoms with E-state index in [1.807, 2.05) is 0 Å². The first-order valence-corrected chi connectivity index (χ1v) is 8.84. The summed E-state index contributed by atoms with van der Waals surface area (Å²) < 4.78 is 22.8. The maximum atomic E-state index is 11.5. The van der Waals surface area contributed by atoms with E-state index in [2.05, 4.69) is 26.8 Å². The van der Waals surface area contributed by atoms with Gasteiger partial charge in [-0.05, 0) is 36.2 Å². The average Bonchev–Trinajstić information content (AvgIpc) is 2.89. The van der Waals surface area contributed by atoms with Crippen molar-refractivity contribution in [1.29, 1.82) is 0 Å². The van der Waals surface area contributed by atoms with E-state index in [1.54, 1.807) is 14.2 Å². The van der Waals surface area contributed by atoms with Crippen molar-refractivity contribution >= 4 is 5.97 Å². The molecule has 24 heavy (non-hydrogen) atoms. The van der Waals surface area contributed by atoms with Gasteiger partial charge in [0, 0.05) is 32.5 Å². The largest absolute Gasteiger partial charge is 0.462 e. The summed E-state index contributed by atoms with van der Waals surface area (Å²) in [5, 5.41) is 0. The van der Waals surface area contributed by atoms with Crippen molar-refractivity contribution in [3.05, 3.63) is 11.6 Å². The first-order valence-electron chi connectivity index (χ1n) is 8.84. The zero-order valence-electron chi connectivity index (χ0n) is 15.6. The van der Waals surface area contributed by atoms with E-state index >= 15 is 0 Å². The van der Waals surface area contributed by atoms with Crippen LogP contribution in [0.1, 0.15) is 47.0 Å². The molecule has 0 aromatic rings. The molecule has 6 atom stereocenters. The molecule has 0 bridgehead atoms. The lowest BCUT2D eigenvalue weighted by Crippen LogP contribution is -2.56. The fraction of sp³-hybridized carbons (Fsp3) is 0.842. The highest BCUT2D eigenvalue weighted by Crippen LogP contribution is 2.63. The second kappa shape index (κ2) is 6.11. The molecule has 136 valence electrons. The van der Waals surface area contributed by atoms with Crippen LogP contribution in [0.2, 0.25) is 0 Å². The molecule has 1 heterocycles. The normalized spacial score (nSPS) is 43.6. The van der Waals surface area contributed by atoms with Crippen LogP contribution < -0.4 is 0 Å². The van der Waals surface area contributed by atoms with Crippen molar-refractivity contribution < 1.29 is 23.7 Å². The third-order valence-corrected chi connectivity index (χ3v) is 6.68. The van der Waals surface area contributed by atoms with E-state index < -0.39 is 0 Å². The molecule has 2 aliphatic carbocycles. The fourth-order valence-corrected chi connectivity index (χ4v) is 5.55. The van der Waals surface area contributed by atoms with Crippen LogP contribution >= 0.6 is 0 Å². The smallest absolute Gasteiger partial charge is 0.302 e. The predicted molar refractivity (Wildman–Crippen MR) is 89.0 cm³/mol. The zero-order valence-corrected chi connectivity index (χ0v) is 15.6. The summed E-state index contributed by atoms with van der Waals surface area (Å²) in [5.41, 5.74) is 1.16. The van der Waals surface area contributed by atoms with Crippen LogP contribution in [-0.4, -0.2) is 38.9 Å². The molecule has 0 amide bonds. The number of carbonyl (C=O) groups is 1. The summed E-state index contributed by atoms with van der Waals surface area (Å²) in [6.45, 7) is 8.30. The van der Waals surface area contributed by atoms with Crippen molar-refractivity contribution in [1.82, 2.24) is 0 Å². The van der Waals surface area contributed by atoms with Crippen LogP contribution in [0.4, 0.5) is 0 Å². The number of carbonyl (C=O) groups excluding carboxylic acids is 1. The monoisotopic (exact) mass is 338 g/mol. The first-order chi connectivity index (χ1) is 11.3. The van der Waals surface area contributed by atoms with Gasteiger partial charge in [0.25, 0.3) is 0 Å². The van der Waals surface area contributed by atoms with Gasteiger partial charge in [-0.15, -0.1) is 0 Å². The Morgan fingerprint density at radius 3 is 2.54 bits per heavy atom. The molecule has 2 fully saturated rings. The van der Waals surface area contributed by atoms with Crippen molar-refractivity contribution in [3.8, 4) is 0 Å². The van der Waals surface area contributed by atoms with Crippen LogP contribution in [0.5, 0.6) is 0 Å². The van der Waals surface area contributed by atoms with Gasteiger partial charge in [0.1, 0.15) is 6.10 Å². The predicted octanol–water partition coefficient (Wildman–Crippen LogP) is 3.28. The van der Waals surface area contributed by atoms with E-state index in [1.165, 1.54) is 12.5 Å². The molecule has 5 heteroatoms. The molecule has 1 saturated carbocycles. The van der Waals surface area contributed by atoms with E-state index in [4.69, 9.17) is 18.9 Å². The van der Waals surface area contributed by atoms with Gasteiger partial charge in [0.05, 0.1) is 0 Å². The number of fused-ring (bicyclic) bond motifs is 3. The fourth-order valence-electron chi connectivity index (χ4n) is 5.55. The summed E-state index contributed by atoms with van der Waals surface area (Å²) in [6, 6.07) is 0. The Bertz CT molecular complexity index is 540. The topological polar surface area (TPSA) is 54.0 Å². The van der Waals surface area contributed by atoms with Crippen LogP contribution in [0.15, 0.2) is 11.6 Å². The lowest BCUT2D eigenvalue weighted by molar-refractivity contribution is -0.213. The summed E-state index contributed by atoms with van der Waals surface area (Å²) in [5.74, 6) is 0.389. The number of hydrogen-bond donors (Lipinski definition) is 0. The Labute approximate surface area is 144 Å². The summed E-state index contributed by atoms with van der Waals surface area (Å²) in [7, 11) is 3.37. The van der Waals surface area contributed by atoms with Gasteiger partial charge >= 0.3 is 5.97 Å². The molecular formula is C19H30O5. The van der Waals surface area contributed by atoms with Gasteiger partial charge in [-0.1, -0.05) is 26.8 Å². The van der Waals surface area contributed by atoms with Gasteiger partial charge < -0.3 is 18.9 Å². The molecule has 0 radical (unpaired) electrons. The summed E-state index contributed by atoms with van der Waals surface area (Å²) in [4.78, 5) is 11.5. The molecule has 0 N–H and O–H groups in total. The van der Waals surface area contributed by atoms with Gasteiger partial charge in [-0.25, -0.2) is 0 Å². The van der Waals surface area contributed by atoms with E-state index in [9.17, 15) is 4.79 Å². The van der Waals surface area contributed by atoms with Gasteiger partial charge in [-0.3, -0.25) is 4.79 Å². The van der Waals surface area contributed by atoms with Crippen molar-refractivity contribution in [2.75, 3.05) is 14.2 Å². The maximum absolute atomic E-state index is 11.5.